The molecular formula is C12H15NS. The van der Waals surface area contributed by atoms with Gasteiger partial charge in [-0.3, -0.25) is 0 Å². The van der Waals surface area contributed by atoms with Gasteiger partial charge in [0.25, 0.3) is 0 Å². The van der Waals surface area contributed by atoms with Crippen molar-refractivity contribution in [3.8, 4) is 0 Å². The number of aromatic nitrogens is 1. The van der Waals surface area contributed by atoms with Gasteiger partial charge in [0.2, 0.25) is 0 Å². The second-order valence-corrected chi connectivity index (χ2v) is 5.22. The average molecular weight is 205 g/mol. The Morgan fingerprint density at radius 3 is 2.79 bits per heavy atom. The summed E-state index contributed by atoms with van der Waals surface area (Å²) in [4.78, 5) is 0. The fourth-order valence-corrected chi connectivity index (χ4v) is 2.17. The van der Waals surface area contributed by atoms with Crippen molar-refractivity contribution in [1.29, 1.82) is 0 Å². The van der Waals surface area contributed by atoms with E-state index in [-0.39, 0.29) is 0 Å². The minimum absolute atomic E-state index is 0.691. The monoisotopic (exact) mass is 205 g/mol. The van der Waals surface area contributed by atoms with Crippen molar-refractivity contribution < 1.29 is 0 Å². The fraction of sp³-hybridized carbons (Fsp3) is 0.333. The van der Waals surface area contributed by atoms with E-state index in [0.717, 1.165) is 5.88 Å². The van der Waals surface area contributed by atoms with Crippen LogP contribution in [0.3, 0.4) is 0 Å². The van der Waals surface area contributed by atoms with Crippen LogP contribution in [0, 0.1) is 0 Å². The molecule has 2 rings (SSSR count). The highest BCUT2D eigenvalue weighted by Crippen LogP contribution is 2.19. The van der Waals surface area contributed by atoms with E-state index in [4.69, 9.17) is 0 Å². The summed E-state index contributed by atoms with van der Waals surface area (Å²) in [6, 6.07) is 10.7. The van der Waals surface area contributed by atoms with E-state index in [1.807, 2.05) is 11.8 Å². The Bertz CT molecular complexity index is 417. The Morgan fingerprint density at radius 1 is 1.21 bits per heavy atom. The molecule has 1 aromatic carbocycles. The van der Waals surface area contributed by atoms with Crippen LogP contribution in [0.4, 0.5) is 0 Å². The first-order valence-electron chi connectivity index (χ1n) is 4.93. The molecule has 0 aliphatic heterocycles. The summed E-state index contributed by atoms with van der Waals surface area (Å²) in [5, 5.41) is 2.02. The van der Waals surface area contributed by atoms with Crippen LogP contribution >= 0.6 is 11.8 Å². The molecule has 0 aliphatic carbocycles. The van der Waals surface area contributed by atoms with Gasteiger partial charge in [0.1, 0.15) is 0 Å². The maximum atomic E-state index is 2.31. The summed E-state index contributed by atoms with van der Waals surface area (Å²) in [7, 11) is 0. The lowest BCUT2D eigenvalue weighted by atomic mass is 10.2. The number of rotatable bonds is 3. The number of fused-ring (bicyclic) bond motifs is 1. The summed E-state index contributed by atoms with van der Waals surface area (Å²) in [5.41, 5.74) is 1.33. The minimum Gasteiger partial charge on any atom is -0.338 e. The highest BCUT2D eigenvalue weighted by Gasteiger charge is 2.00. The first-order valence-corrected chi connectivity index (χ1v) is 5.98. The third kappa shape index (κ3) is 1.95. The molecule has 1 aromatic heterocycles. The summed E-state index contributed by atoms with van der Waals surface area (Å²) in [5.74, 6) is 1.05. The van der Waals surface area contributed by atoms with Crippen molar-refractivity contribution in [3.05, 3.63) is 36.5 Å². The largest absolute Gasteiger partial charge is 0.338 e. The third-order valence-corrected chi connectivity index (χ3v) is 3.32. The van der Waals surface area contributed by atoms with Gasteiger partial charge < -0.3 is 4.57 Å². The quantitative estimate of drug-likeness (QED) is 0.739. The molecule has 1 heterocycles. The van der Waals surface area contributed by atoms with E-state index in [1.54, 1.807) is 0 Å². The van der Waals surface area contributed by atoms with Crippen LogP contribution in [0.5, 0.6) is 0 Å². The molecule has 0 amide bonds. The van der Waals surface area contributed by atoms with E-state index in [2.05, 4.69) is 54.9 Å². The SMILES string of the molecule is CC(C)SCn1ccc2ccccc21. The van der Waals surface area contributed by atoms with Crippen molar-refractivity contribution >= 4 is 22.7 Å². The van der Waals surface area contributed by atoms with Crippen molar-refractivity contribution in [2.75, 3.05) is 0 Å². The summed E-state index contributed by atoms with van der Waals surface area (Å²) in [6.07, 6.45) is 2.17. The number of benzene rings is 1. The van der Waals surface area contributed by atoms with Gasteiger partial charge in [0.15, 0.2) is 0 Å². The van der Waals surface area contributed by atoms with Gasteiger partial charge in [-0.25, -0.2) is 0 Å². The van der Waals surface area contributed by atoms with E-state index >= 15 is 0 Å². The molecule has 0 fully saturated rings. The molecule has 0 atom stereocenters. The van der Waals surface area contributed by atoms with Gasteiger partial charge in [0, 0.05) is 17.0 Å². The lowest BCUT2D eigenvalue weighted by Crippen LogP contribution is -1.96. The molecule has 0 bridgehead atoms. The molecular weight excluding hydrogens is 190 g/mol. The standard InChI is InChI=1S/C12H15NS/c1-10(2)14-9-13-8-7-11-5-3-4-6-12(11)13/h3-8,10H,9H2,1-2H3. The van der Waals surface area contributed by atoms with Crippen LogP contribution in [0.2, 0.25) is 0 Å². The Morgan fingerprint density at radius 2 is 2.00 bits per heavy atom. The Hall–Kier alpha value is -0.890. The molecule has 0 saturated carbocycles. The lowest BCUT2D eigenvalue weighted by molar-refractivity contribution is 0.930. The number of hydrogen-bond acceptors (Lipinski definition) is 1. The third-order valence-electron chi connectivity index (χ3n) is 2.23. The highest BCUT2D eigenvalue weighted by molar-refractivity contribution is 7.98. The molecule has 0 aliphatic rings. The normalized spacial score (nSPS) is 11.4. The van der Waals surface area contributed by atoms with Gasteiger partial charge in [-0.1, -0.05) is 32.0 Å². The van der Waals surface area contributed by atoms with Crippen LogP contribution in [0.1, 0.15) is 13.8 Å². The van der Waals surface area contributed by atoms with E-state index in [1.165, 1.54) is 10.9 Å². The summed E-state index contributed by atoms with van der Waals surface area (Å²) < 4.78 is 2.31. The van der Waals surface area contributed by atoms with Crippen molar-refractivity contribution in [2.45, 2.75) is 25.0 Å². The molecule has 0 radical (unpaired) electrons. The topological polar surface area (TPSA) is 4.93 Å². The minimum atomic E-state index is 0.691. The highest BCUT2D eigenvalue weighted by atomic mass is 32.2. The number of para-hydroxylation sites is 1. The smallest absolute Gasteiger partial charge is 0.0685 e. The zero-order valence-corrected chi connectivity index (χ0v) is 9.42. The van der Waals surface area contributed by atoms with Crippen LogP contribution in [-0.4, -0.2) is 9.82 Å². The van der Waals surface area contributed by atoms with Crippen molar-refractivity contribution in [2.24, 2.45) is 0 Å². The molecule has 0 saturated heterocycles. The first kappa shape index (κ1) is 9.66. The molecule has 14 heavy (non-hydrogen) atoms. The predicted octanol–water partition coefficient (Wildman–Crippen LogP) is 3.74. The van der Waals surface area contributed by atoms with Crippen LogP contribution in [0.15, 0.2) is 36.5 Å². The number of nitrogens with zero attached hydrogens (tertiary/aromatic N) is 1. The second kappa shape index (κ2) is 4.09. The summed E-state index contributed by atoms with van der Waals surface area (Å²) >= 11 is 1.97. The first-order chi connectivity index (χ1) is 6.77. The van der Waals surface area contributed by atoms with Crippen LogP contribution < -0.4 is 0 Å². The molecule has 2 heteroatoms. The molecule has 1 nitrogen and oxygen atoms in total. The van der Waals surface area contributed by atoms with Gasteiger partial charge >= 0.3 is 0 Å². The fourth-order valence-electron chi connectivity index (χ4n) is 1.48. The Labute approximate surface area is 89.1 Å². The molecule has 74 valence electrons. The van der Waals surface area contributed by atoms with Gasteiger partial charge in [-0.2, -0.15) is 0 Å². The Balaban J connectivity index is 2.25. The van der Waals surface area contributed by atoms with Gasteiger partial charge in [0.05, 0.1) is 5.88 Å². The predicted molar refractivity (Wildman–Crippen MR) is 64.7 cm³/mol. The average Bonchev–Trinajstić information content (AvgIpc) is 2.58. The van der Waals surface area contributed by atoms with E-state index < -0.39 is 0 Å². The van der Waals surface area contributed by atoms with E-state index in [0.29, 0.717) is 5.25 Å². The molecule has 2 aromatic rings. The van der Waals surface area contributed by atoms with Crippen molar-refractivity contribution in [1.82, 2.24) is 4.57 Å². The second-order valence-electron chi connectivity index (χ2n) is 3.69. The van der Waals surface area contributed by atoms with Crippen molar-refractivity contribution in [3.63, 3.8) is 0 Å². The van der Waals surface area contributed by atoms with Crippen LogP contribution in [-0.2, 0) is 5.88 Å². The molecule has 0 unspecified atom stereocenters. The maximum Gasteiger partial charge on any atom is 0.0685 e. The van der Waals surface area contributed by atoms with Crippen LogP contribution in [0.25, 0.3) is 10.9 Å². The van der Waals surface area contributed by atoms with Gasteiger partial charge in [-0.05, 0) is 17.5 Å². The molecule has 0 spiro atoms. The maximum absolute atomic E-state index is 2.31. The van der Waals surface area contributed by atoms with E-state index in [9.17, 15) is 0 Å². The lowest BCUT2D eigenvalue weighted by Gasteiger charge is -2.07. The zero-order valence-electron chi connectivity index (χ0n) is 8.60. The van der Waals surface area contributed by atoms with Gasteiger partial charge in [-0.15, -0.1) is 11.8 Å². The number of thioether (sulfide) groups is 1. The number of hydrogen-bond donors (Lipinski definition) is 0. The molecule has 0 N–H and O–H groups in total. The zero-order chi connectivity index (χ0) is 9.97. The summed E-state index contributed by atoms with van der Waals surface area (Å²) in [6.45, 7) is 4.46. The Kier molecular flexibility index (Phi) is 2.82.